The molecule has 0 saturated carbocycles. The Kier molecular flexibility index (Phi) is 5.20. The third-order valence-corrected chi connectivity index (χ3v) is 6.68. The fourth-order valence-electron chi connectivity index (χ4n) is 4.49. The van der Waals surface area contributed by atoms with Crippen LogP contribution in [0.2, 0.25) is 0 Å². The molecule has 0 radical (unpaired) electrons. The van der Waals surface area contributed by atoms with Crippen LogP contribution in [0.5, 0.6) is 0 Å². The molecule has 25 heavy (non-hydrogen) atoms. The van der Waals surface area contributed by atoms with E-state index < -0.39 is 0 Å². The van der Waals surface area contributed by atoms with E-state index in [1.54, 1.807) is 0 Å². The lowest BCUT2D eigenvalue weighted by atomic mass is 9.75. The maximum absolute atomic E-state index is 6.19. The summed E-state index contributed by atoms with van der Waals surface area (Å²) < 4.78 is 6.19. The number of pyridine rings is 1. The van der Waals surface area contributed by atoms with Crippen LogP contribution >= 0.6 is 11.3 Å². The predicted molar refractivity (Wildman–Crippen MR) is 103 cm³/mol. The lowest BCUT2D eigenvalue weighted by molar-refractivity contribution is -0.00180. The number of hydrogen-bond acceptors (Lipinski definition) is 4. The second-order valence-electron chi connectivity index (χ2n) is 7.76. The summed E-state index contributed by atoms with van der Waals surface area (Å²) in [6.45, 7) is 6.35. The lowest BCUT2D eigenvalue weighted by Gasteiger charge is -2.35. The molecule has 2 aromatic rings. The van der Waals surface area contributed by atoms with Crippen molar-refractivity contribution in [2.24, 2.45) is 5.41 Å². The van der Waals surface area contributed by atoms with Gasteiger partial charge in [-0.3, -0.25) is 9.88 Å². The molecule has 0 aliphatic carbocycles. The average molecular weight is 357 g/mol. The van der Waals surface area contributed by atoms with Crippen LogP contribution in [0, 0.1) is 12.3 Å². The summed E-state index contributed by atoms with van der Waals surface area (Å²) >= 11 is 1.81. The summed E-state index contributed by atoms with van der Waals surface area (Å²) in [7, 11) is 0. The molecule has 4 rings (SSSR count). The number of likely N-dealkylation sites (tertiary alicyclic amines) is 1. The van der Waals surface area contributed by atoms with Gasteiger partial charge in [0.15, 0.2) is 0 Å². The van der Waals surface area contributed by atoms with Crippen LogP contribution in [0.4, 0.5) is 0 Å². The van der Waals surface area contributed by atoms with Crippen molar-refractivity contribution in [1.82, 2.24) is 9.88 Å². The molecule has 2 aliphatic heterocycles. The van der Waals surface area contributed by atoms with E-state index in [-0.39, 0.29) is 0 Å². The first kappa shape index (κ1) is 17.2. The van der Waals surface area contributed by atoms with Crippen molar-refractivity contribution in [3.05, 3.63) is 52.0 Å². The Morgan fingerprint density at radius 2 is 2.28 bits per heavy atom. The lowest BCUT2D eigenvalue weighted by Crippen LogP contribution is -2.38. The fourth-order valence-corrected chi connectivity index (χ4v) is 5.19. The molecule has 0 amide bonds. The Bertz CT molecular complexity index is 664. The average Bonchev–Trinajstić information content (AvgIpc) is 3.38. The van der Waals surface area contributed by atoms with Crippen molar-refractivity contribution in [2.45, 2.75) is 51.7 Å². The summed E-state index contributed by atoms with van der Waals surface area (Å²) in [6.07, 6.45) is 8.65. The van der Waals surface area contributed by atoms with Crippen LogP contribution in [-0.4, -0.2) is 35.7 Å². The molecule has 0 N–H and O–H groups in total. The highest BCUT2D eigenvalue weighted by Gasteiger charge is 2.45. The second-order valence-corrected chi connectivity index (χ2v) is 8.54. The van der Waals surface area contributed by atoms with E-state index in [2.05, 4.69) is 38.8 Å². The Hall–Kier alpha value is -1.23. The zero-order valence-corrected chi connectivity index (χ0v) is 15.9. The SMILES string of the molecule is Cc1ccc(CN2CC[C@](CCc3ccsc3)([C@@H]3CCCO3)C2)cn1. The third-order valence-electron chi connectivity index (χ3n) is 5.95. The normalized spacial score (nSPS) is 27.2. The fraction of sp³-hybridized carbons (Fsp3) is 0.571. The molecule has 0 unspecified atom stereocenters. The number of ether oxygens (including phenoxy) is 1. The molecule has 2 atom stereocenters. The molecule has 2 fully saturated rings. The number of nitrogens with zero attached hydrogens (tertiary/aromatic N) is 2. The van der Waals surface area contributed by atoms with Crippen LogP contribution in [-0.2, 0) is 17.7 Å². The van der Waals surface area contributed by atoms with Gasteiger partial charge in [-0.1, -0.05) is 6.07 Å². The Labute approximate surface area is 155 Å². The first-order chi connectivity index (χ1) is 12.2. The van der Waals surface area contributed by atoms with Gasteiger partial charge in [0.05, 0.1) is 6.10 Å². The van der Waals surface area contributed by atoms with Crippen molar-refractivity contribution in [2.75, 3.05) is 19.7 Å². The minimum absolute atomic E-state index is 0.330. The van der Waals surface area contributed by atoms with Gasteiger partial charge in [-0.2, -0.15) is 11.3 Å². The first-order valence-corrected chi connectivity index (χ1v) is 10.4. The zero-order chi connectivity index (χ0) is 17.1. The van der Waals surface area contributed by atoms with E-state index in [1.165, 1.54) is 49.8 Å². The summed E-state index contributed by atoms with van der Waals surface area (Å²) in [6, 6.07) is 6.62. The third kappa shape index (κ3) is 3.97. The number of aromatic nitrogens is 1. The number of hydrogen-bond donors (Lipinski definition) is 0. The summed E-state index contributed by atoms with van der Waals surface area (Å²) in [5, 5.41) is 4.49. The zero-order valence-electron chi connectivity index (χ0n) is 15.1. The topological polar surface area (TPSA) is 25.4 Å². The molecule has 0 spiro atoms. The minimum Gasteiger partial charge on any atom is -0.378 e. The molecule has 2 aromatic heterocycles. The van der Waals surface area contributed by atoms with Gasteiger partial charge in [-0.05, 0) is 79.6 Å². The molecule has 2 aliphatic rings. The Morgan fingerprint density at radius 1 is 1.32 bits per heavy atom. The van der Waals surface area contributed by atoms with Crippen molar-refractivity contribution in [3.8, 4) is 0 Å². The highest BCUT2D eigenvalue weighted by Crippen LogP contribution is 2.44. The summed E-state index contributed by atoms with van der Waals surface area (Å²) in [5.41, 5.74) is 4.24. The number of thiophene rings is 1. The van der Waals surface area contributed by atoms with E-state index in [0.717, 1.165) is 25.4 Å². The molecule has 134 valence electrons. The van der Waals surface area contributed by atoms with Crippen molar-refractivity contribution in [3.63, 3.8) is 0 Å². The van der Waals surface area contributed by atoms with Gasteiger partial charge in [-0.25, -0.2) is 0 Å². The van der Waals surface area contributed by atoms with E-state index in [0.29, 0.717) is 11.5 Å². The maximum atomic E-state index is 6.19. The maximum Gasteiger partial charge on any atom is 0.0645 e. The van der Waals surface area contributed by atoms with E-state index in [9.17, 15) is 0 Å². The largest absolute Gasteiger partial charge is 0.378 e. The molecule has 2 saturated heterocycles. The summed E-state index contributed by atoms with van der Waals surface area (Å²) in [4.78, 5) is 7.07. The predicted octanol–water partition coefficient (Wildman–Crippen LogP) is 4.46. The molecule has 0 aromatic carbocycles. The first-order valence-electron chi connectivity index (χ1n) is 9.50. The van der Waals surface area contributed by atoms with E-state index >= 15 is 0 Å². The number of aryl methyl sites for hydroxylation is 2. The molecular weight excluding hydrogens is 328 g/mol. The highest BCUT2D eigenvalue weighted by molar-refractivity contribution is 7.07. The van der Waals surface area contributed by atoms with Crippen molar-refractivity contribution >= 4 is 11.3 Å². The van der Waals surface area contributed by atoms with Crippen LogP contribution in [0.3, 0.4) is 0 Å². The smallest absolute Gasteiger partial charge is 0.0645 e. The van der Waals surface area contributed by atoms with Crippen molar-refractivity contribution in [1.29, 1.82) is 0 Å². The second kappa shape index (κ2) is 7.56. The quantitative estimate of drug-likeness (QED) is 0.764. The molecular formula is C21H28N2OS. The van der Waals surface area contributed by atoms with Gasteiger partial charge in [-0.15, -0.1) is 0 Å². The monoisotopic (exact) mass is 356 g/mol. The standard InChI is InChI=1S/C21H28N2OS/c1-17-4-5-19(13-22-17)14-23-10-9-21(16-23,20-3-2-11-24-20)8-6-18-7-12-25-15-18/h4-5,7,12-13,15,20H,2-3,6,8-11,14,16H2,1H3/t20-,21-/m0/s1. The highest BCUT2D eigenvalue weighted by atomic mass is 32.1. The Morgan fingerprint density at radius 3 is 3.00 bits per heavy atom. The van der Waals surface area contributed by atoms with E-state index in [4.69, 9.17) is 4.74 Å². The molecule has 3 nitrogen and oxygen atoms in total. The molecule has 4 heteroatoms. The molecule has 4 heterocycles. The van der Waals surface area contributed by atoms with Gasteiger partial charge in [0.1, 0.15) is 0 Å². The van der Waals surface area contributed by atoms with Gasteiger partial charge in [0.25, 0.3) is 0 Å². The van der Waals surface area contributed by atoms with Crippen LogP contribution < -0.4 is 0 Å². The number of rotatable bonds is 6. The summed E-state index contributed by atoms with van der Waals surface area (Å²) in [5.74, 6) is 0. The van der Waals surface area contributed by atoms with Crippen LogP contribution in [0.1, 0.15) is 42.5 Å². The van der Waals surface area contributed by atoms with Gasteiger partial charge >= 0.3 is 0 Å². The van der Waals surface area contributed by atoms with Gasteiger partial charge in [0.2, 0.25) is 0 Å². The van der Waals surface area contributed by atoms with Crippen LogP contribution in [0.25, 0.3) is 0 Å². The molecule has 0 bridgehead atoms. The van der Waals surface area contributed by atoms with Crippen molar-refractivity contribution < 1.29 is 4.74 Å². The Balaban J connectivity index is 1.44. The van der Waals surface area contributed by atoms with Crippen LogP contribution in [0.15, 0.2) is 35.2 Å². The minimum atomic E-state index is 0.330. The van der Waals surface area contributed by atoms with E-state index in [1.807, 2.05) is 24.5 Å². The van der Waals surface area contributed by atoms with Gasteiger partial charge in [0, 0.05) is 37.0 Å². The van der Waals surface area contributed by atoms with Gasteiger partial charge < -0.3 is 4.74 Å².